The zero-order valence-electron chi connectivity index (χ0n) is 19.3. The van der Waals surface area contributed by atoms with Crippen LogP contribution in [-0.4, -0.2) is 24.3 Å². The van der Waals surface area contributed by atoms with Crippen LogP contribution in [0.2, 0.25) is 0 Å². The molecule has 0 aliphatic carbocycles. The largest absolute Gasteiger partial charge is 0.497 e. The summed E-state index contributed by atoms with van der Waals surface area (Å²) in [6.07, 6.45) is 2.47. The topological polar surface area (TPSA) is 80.6 Å². The number of amides is 1. The van der Waals surface area contributed by atoms with Crippen LogP contribution in [0.25, 0.3) is 5.70 Å². The third-order valence-corrected chi connectivity index (χ3v) is 5.64. The Bertz CT molecular complexity index is 1220. The molecule has 170 valence electrons. The Balaban J connectivity index is 1.51. The molecule has 0 bridgehead atoms. The van der Waals surface area contributed by atoms with Crippen LogP contribution in [0.5, 0.6) is 5.75 Å². The molecule has 4 rings (SSSR count). The number of hydrogen-bond acceptors (Lipinski definition) is 5. The number of benzene rings is 2. The number of furan rings is 1. The molecule has 33 heavy (non-hydrogen) atoms. The molecular weight excluding hydrogens is 416 g/mol. The van der Waals surface area contributed by atoms with Crippen molar-refractivity contribution < 1.29 is 18.7 Å². The maximum absolute atomic E-state index is 13.0. The highest BCUT2D eigenvalue weighted by molar-refractivity contribution is 6.09. The lowest BCUT2D eigenvalue weighted by atomic mass is 9.85. The van der Waals surface area contributed by atoms with Gasteiger partial charge in [0.05, 0.1) is 13.7 Å². The van der Waals surface area contributed by atoms with Gasteiger partial charge in [0.2, 0.25) is 0 Å². The molecule has 2 aromatic carbocycles. The average Bonchev–Trinajstić information content (AvgIpc) is 3.21. The first-order valence-electron chi connectivity index (χ1n) is 10.9. The summed E-state index contributed by atoms with van der Waals surface area (Å²) < 4.78 is 10.8. The zero-order chi connectivity index (χ0) is 23.6. The van der Waals surface area contributed by atoms with Crippen molar-refractivity contribution in [3.8, 4) is 5.75 Å². The number of carbonyl (C=O) groups is 2. The average molecular weight is 445 g/mol. The second-order valence-electron chi connectivity index (χ2n) is 8.90. The van der Waals surface area contributed by atoms with Crippen LogP contribution in [0.1, 0.15) is 57.2 Å². The van der Waals surface area contributed by atoms with Crippen LogP contribution < -0.4 is 15.4 Å². The monoisotopic (exact) mass is 444 g/mol. The summed E-state index contributed by atoms with van der Waals surface area (Å²) >= 11 is 0. The molecular formula is C27H28N2O4. The first-order valence-corrected chi connectivity index (χ1v) is 10.9. The van der Waals surface area contributed by atoms with Crippen molar-refractivity contribution in [1.29, 1.82) is 0 Å². The number of ether oxygens (including phenoxy) is 1. The van der Waals surface area contributed by atoms with E-state index in [2.05, 4.69) is 24.5 Å². The van der Waals surface area contributed by atoms with E-state index in [4.69, 9.17) is 9.15 Å². The minimum absolute atomic E-state index is 0.137. The maximum Gasteiger partial charge on any atom is 0.251 e. The van der Waals surface area contributed by atoms with Gasteiger partial charge in [0.1, 0.15) is 17.3 Å². The fraction of sp³-hybridized carbons (Fsp3) is 0.259. The van der Waals surface area contributed by atoms with E-state index >= 15 is 0 Å². The SMILES string of the molecule is COc1ccc2c(c1)/C(=C/C(=O)c1ccc(C(=O)NCc3ccc(C)o3)cc1)NC(C)(C)C2. The highest BCUT2D eigenvalue weighted by atomic mass is 16.5. The highest BCUT2D eigenvalue weighted by Crippen LogP contribution is 2.32. The third kappa shape index (κ3) is 5.17. The summed E-state index contributed by atoms with van der Waals surface area (Å²) in [4.78, 5) is 25.4. The molecule has 1 amide bonds. The van der Waals surface area contributed by atoms with Gasteiger partial charge in [-0.15, -0.1) is 0 Å². The molecule has 0 radical (unpaired) electrons. The fourth-order valence-corrected chi connectivity index (χ4v) is 4.00. The van der Waals surface area contributed by atoms with Gasteiger partial charge in [-0.05, 0) is 69.2 Å². The first kappa shape index (κ1) is 22.4. The number of aryl methyl sites for hydroxylation is 1. The Hall–Kier alpha value is -3.80. The number of rotatable bonds is 6. The van der Waals surface area contributed by atoms with Gasteiger partial charge in [-0.3, -0.25) is 9.59 Å². The zero-order valence-corrected chi connectivity index (χ0v) is 19.3. The molecule has 1 aromatic heterocycles. The fourth-order valence-electron chi connectivity index (χ4n) is 4.00. The number of ketones is 1. The van der Waals surface area contributed by atoms with E-state index in [0.717, 1.165) is 34.8 Å². The summed E-state index contributed by atoms with van der Waals surface area (Å²) in [7, 11) is 1.63. The van der Waals surface area contributed by atoms with Crippen LogP contribution in [0.4, 0.5) is 0 Å². The summed E-state index contributed by atoms with van der Waals surface area (Å²) in [5.41, 5.74) is 3.71. The number of nitrogens with one attached hydrogen (secondary N) is 2. The predicted octanol–water partition coefficient (Wildman–Crippen LogP) is 4.67. The van der Waals surface area contributed by atoms with Crippen molar-refractivity contribution in [1.82, 2.24) is 10.6 Å². The first-order chi connectivity index (χ1) is 15.7. The van der Waals surface area contributed by atoms with E-state index in [9.17, 15) is 9.59 Å². The summed E-state index contributed by atoms with van der Waals surface area (Å²) in [5.74, 6) is 1.88. The second-order valence-corrected chi connectivity index (χ2v) is 8.90. The van der Waals surface area contributed by atoms with Crippen molar-refractivity contribution in [3.05, 3.63) is 94.4 Å². The molecule has 2 N–H and O–H groups in total. The van der Waals surface area contributed by atoms with E-state index < -0.39 is 0 Å². The third-order valence-electron chi connectivity index (χ3n) is 5.64. The molecule has 1 aliphatic heterocycles. The lowest BCUT2D eigenvalue weighted by molar-refractivity contribution is 0.0946. The molecule has 6 heteroatoms. The molecule has 0 fully saturated rings. The van der Waals surface area contributed by atoms with Crippen LogP contribution in [-0.2, 0) is 13.0 Å². The molecule has 0 spiro atoms. The number of carbonyl (C=O) groups excluding carboxylic acids is 2. The van der Waals surface area contributed by atoms with E-state index in [0.29, 0.717) is 23.4 Å². The molecule has 1 aliphatic rings. The van der Waals surface area contributed by atoms with Crippen molar-refractivity contribution >= 4 is 17.4 Å². The van der Waals surface area contributed by atoms with Crippen LogP contribution >= 0.6 is 0 Å². The Morgan fingerprint density at radius 2 is 1.82 bits per heavy atom. The van der Waals surface area contributed by atoms with Crippen LogP contribution in [0, 0.1) is 6.92 Å². The van der Waals surface area contributed by atoms with Gasteiger partial charge in [-0.1, -0.05) is 18.2 Å². The number of allylic oxidation sites excluding steroid dienone is 1. The van der Waals surface area contributed by atoms with Gasteiger partial charge < -0.3 is 19.8 Å². The van der Waals surface area contributed by atoms with Gasteiger partial charge in [0, 0.05) is 34.0 Å². The molecule has 0 atom stereocenters. The quantitative estimate of drug-likeness (QED) is 0.426. The Labute approximate surface area is 193 Å². The Morgan fingerprint density at radius 1 is 1.09 bits per heavy atom. The molecule has 3 aromatic rings. The Morgan fingerprint density at radius 3 is 2.48 bits per heavy atom. The van der Waals surface area contributed by atoms with Crippen molar-refractivity contribution in [2.75, 3.05) is 7.11 Å². The number of methoxy groups -OCH3 is 1. The lowest BCUT2D eigenvalue weighted by Gasteiger charge is -2.35. The maximum atomic E-state index is 13.0. The second kappa shape index (κ2) is 8.98. The standard InChI is InChI=1S/C27H28N2O4/c1-17-5-11-22(33-17)16-28-26(31)19-8-6-18(7-9-19)25(30)14-24-23-13-21(32-4)12-10-20(23)15-27(2,3)29-24/h5-14,29H,15-16H2,1-4H3,(H,28,31)/b24-14-. The summed E-state index contributed by atoms with van der Waals surface area (Å²) in [5, 5.41) is 6.30. The summed E-state index contributed by atoms with van der Waals surface area (Å²) in [6.45, 7) is 6.38. The normalized spacial score (nSPS) is 15.5. The van der Waals surface area contributed by atoms with Crippen LogP contribution in [0.3, 0.4) is 0 Å². The minimum Gasteiger partial charge on any atom is -0.497 e. The predicted molar refractivity (Wildman–Crippen MR) is 127 cm³/mol. The molecule has 2 heterocycles. The van der Waals surface area contributed by atoms with E-state index in [-0.39, 0.29) is 17.2 Å². The van der Waals surface area contributed by atoms with Crippen LogP contribution in [0.15, 0.2) is 65.1 Å². The molecule has 0 saturated carbocycles. The van der Waals surface area contributed by atoms with Crippen molar-refractivity contribution in [2.24, 2.45) is 0 Å². The summed E-state index contributed by atoms with van der Waals surface area (Å²) in [6, 6.07) is 16.3. The van der Waals surface area contributed by atoms with Gasteiger partial charge in [0.15, 0.2) is 5.78 Å². The lowest BCUT2D eigenvalue weighted by Crippen LogP contribution is -2.43. The number of hydrogen-bond donors (Lipinski definition) is 2. The molecule has 0 saturated heterocycles. The van der Waals surface area contributed by atoms with Crippen molar-refractivity contribution in [3.63, 3.8) is 0 Å². The number of fused-ring (bicyclic) bond motifs is 1. The van der Waals surface area contributed by atoms with Gasteiger partial charge in [-0.2, -0.15) is 0 Å². The van der Waals surface area contributed by atoms with Gasteiger partial charge in [-0.25, -0.2) is 0 Å². The molecule has 6 nitrogen and oxygen atoms in total. The van der Waals surface area contributed by atoms with Gasteiger partial charge >= 0.3 is 0 Å². The highest BCUT2D eigenvalue weighted by Gasteiger charge is 2.28. The molecule has 0 unspecified atom stereocenters. The van der Waals surface area contributed by atoms with E-state index in [1.807, 2.05) is 37.3 Å². The van der Waals surface area contributed by atoms with Gasteiger partial charge in [0.25, 0.3) is 5.91 Å². The van der Waals surface area contributed by atoms with E-state index in [1.165, 1.54) is 0 Å². The smallest absolute Gasteiger partial charge is 0.251 e. The van der Waals surface area contributed by atoms with E-state index in [1.54, 1.807) is 37.5 Å². The van der Waals surface area contributed by atoms with Crippen molar-refractivity contribution in [2.45, 2.75) is 39.3 Å². The minimum atomic E-state index is -0.224. The Kier molecular flexibility index (Phi) is 6.09.